The van der Waals surface area contributed by atoms with Gasteiger partial charge in [0.05, 0.1) is 52.3 Å². The molecule has 176 valence electrons. The van der Waals surface area contributed by atoms with Crippen LogP contribution in [0.3, 0.4) is 0 Å². The van der Waals surface area contributed by atoms with Gasteiger partial charge in [0.15, 0.2) is 11.5 Å². The molecule has 35 heavy (non-hydrogen) atoms. The summed E-state index contributed by atoms with van der Waals surface area (Å²) in [4.78, 5) is 32.7. The number of alkyl halides is 3. The summed E-state index contributed by atoms with van der Waals surface area (Å²) in [6.45, 7) is 0. The van der Waals surface area contributed by atoms with Gasteiger partial charge < -0.3 is 10.3 Å². The number of amides is 1. The molecule has 4 heterocycles. The van der Waals surface area contributed by atoms with E-state index in [1.54, 1.807) is 18.2 Å². The predicted octanol–water partition coefficient (Wildman–Crippen LogP) is 3.61. The van der Waals surface area contributed by atoms with Crippen LogP contribution in [0, 0.1) is 0 Å². The van der Waals surface area contributed by atoms with E-state index < -0.39 is 28.9 Å². The molecule has 1 amide bonds. The largest absolute Gasteiger partial charge is 0.434 e. The number of nitrogens with one attached hydrogen (secondary N) is 2. The first-order valence-corrected chi connectivity index (χ1v) is 10.2. The summed E-state index contributed by atoms with van der Waals surface area (Å²) in [5.41, 5.74) is -2.49. The van der Waals surface area contributed by atoms with Gasteiger partial charge in [-0.2, -0.15) is 28.5 Å². The Morgan fingerprint density at radius 1 is 1.06 bits per heavy atom. The summed E-state index contributed by atoms with van der Waals surface area (Å²) < 4.78 is 42.9. The van der Waals surface area contributed by atoms with Gasteiger partial charge in [0, 0.05) is 11.5 Å². The number of hydrogen-bond donors (Lipinski definition) is 2. The molecule has 0 aliphatic heterocycles. The molecule has 5 rings (SSSR count). The van der Waals surface area contributed by atoms with Gasteiger partial charge in [-0.3, -0.25) is 9.59 Å². The molecule has 5 aromatic rings. The highest BCUT2D eigenvalue weighted by Crippen LogP contribution is 2.35. The Kier molecular flexibility index (Phi) is 5.32. The Morgan fingerprint density at radius 3 is 2.51 bits per heavy atom. The second-order valence-electron chi connectivity index (χ2n) is 7.18. The van der Waals surface area contributed by atoms with Gasteiger partial charge in [-0.1, -0.05) is 29.8 Å². The van der Waals surface area contributed by atoms with Crippen molar-refractivity contribution in [2.45, 2.75) is 6.18 Å². The number of aromatic nitrogens is 7. The van der Waals surface area contributed by atoms with E-state index in [-0.39, 0.29) is 22.2 Å². The topological polar surface area (TPSA) is 123 Å². The lowest BCUT2D eigenvalue weighted by Crippen LogP contribution is -2.21. The molecule has 2 N–H and O–H groups in total. The number of pyridine rings is 2. The highest BCUT2D eigenvalue weighted by atomic mass is 35.5. The van der Waals surface area contributed by atoms with Crippen molar-refractivity contribution in [2.24, 2.45) is 0 Å². The number of carbonyl (C=O) groups excluding carboxylic acids is 1. The van der Waals surface area contributed by atoms with E-state index >= 15 is 0 Å². The van der Waals surface area contributed by atoms with Gasteiger partial charge in [-0.25, -0.2) is 9.67 Å². The van der Waals surface area contributed by atoms with E-state index in [1.165, 1.54) is 30.7 Å². The summed E-state index contributed by atoms with van der Waals surface area (Å²) in [5, 5.41) is 14.3. The van der Waals surface area contributed by atoms with E-state index in [1.807, 2.05) is 0 Å². The number of rotatable bonds is 4. The first-order valence-electron chi connectivity index (χ1n) is 9.83. The average Bonchev–Trinajstić information content (AvgIpc) is 3.49. The molecular formula is C21H12ClF3N8O2. The Bertz CT molecular complexity index is 1630. The number of hydrogen-bond acceptors (Lipinski definition) is 6. The minimum Gasteiger partial charge on any atom is -0.322 e. The highest BCUT2D eigenvalue weighted by molar-refractivity contribution is 6.32. The molecule has 0 fully saturated rings. The Hall–Kier alpha value is -4.52. The van der Waals surface area contributed by atoms with Crippen molar-refractivity contribution in [1.82, 2.24) is 34.7 Å². The molecule has 14 heteroatoms. The normalized spacial score (nSPS) is 11.7. The van der Waals surface area contributed by atoms with Crippen LogP contribution in [0.4, 0.5) is 18.9 Å². The predicted molar refractivity (Wildman–Crippen MR) is 119 cm³/mol. The van der Waals surface area contributed by atoms with Crippen molar-refractivity contribution in [3.63, 3.8) is 0 Å². The summed E-state index contributed by atoms with van der Waals surface area (Å²) in [7, 11) is 0. The van der Waals surface area contributed by atoms with Gasteiger partial charge >= 0.3 is 6.18 Å². The lowest BCUT2D eigenvalue weighted by Gasteiger charge is -2.14. The number of carbonyl (C=O) groups is 1. The standard InChI is InChI=1S/C21H12ClF3N8O2/c22-14-7-11(9-26-19(14)33-27-5-6-28-33)30-20(35)13-10-29-32(18(13)21(23,24)25)16-8-17(34)31-15-4-2-1-3-12(15)16/h1-10H,(H,30,35)(H,31,34). The maximum Gasteiger partial charge on any atom is 0.434 e. The van der Waals surface area contributed by atoms with E-state index in [0.29, 0.717) is 15.6 Å². The first-order chi connectivity index (χ1) is 16.7. The van der Waals surface area contributed by atoms with Crippen LogP contribution in [0.15, 0.2) is 66.0 Å². The molecule has 0 unspecified atom stereocenters. The molecule has 4 aromatic heterocycles. The lowest BCUT2D eigenvalue weighted by molar-refractivity contribution is -0.143. The quantitative estimate of drug-likeness (QED) is 0.388. The van der Waals surface area contributed by atoms with Crippen LogP contribution in [0.2, 0.25) is 5.02 Å². The van der Waals surface area contributed by atoms with Crippen LogP contribution in [-0.2, 0) is 6.18 Å². The molecular weight excluding hydrogens is 489 g/mol. The Balaban J connectivity index is 1.55. The molecule has 1 aromatic carbocycles. The molecule has 0 atom stereocenters. The van der Waals surface area contributed by atoms with Crippen LogP contribution in [0.25, 0.3) is 22.4 Å². The second-order valence-corrected chi connectivity index (χ2v) is 7.59. The minimum atomic E-state index is -4.97. The summed E-state index contributed by atoms with van der Waals surface area (Å²) in [6, 6.07) is 8.59. The molecule has 0 bridgehead atoms. The zero-order valence-electron chi connectivity index (χ0n) is 17.3. The monoisotopic (exact) mass is 500 g/mol. The van der Waals surface area contributed by atoms with Crippen molar-refractivity contribution in [2.75, 3.05) is 5.32 Å². The molecule has 0 spiro atoms. The zero-order chi connectivity index (χ0) is 24.7. The number of fused-ring (bicyclic) bond motifs is 1. The van der Waals surface area contributed by atoms with Crippen molar-refractivity contribution in [3.8, 4) is 11.5 Å². The maximum absolute atomic E-state index is 14.1. The molecule has 0 aliphatic carbocycles. The Morgan fingerprint density at radius 2 is 1.80 bits per heavy atom. The van der Waals surface area contributed by atoms with Gasteiger partial charge in [0.25, 0.3) is 11.5 Å². The van der Waals surface area contributed by atoms with Crippen LogP contribution in [0.1, 0.15) is 16.1 Å². The molecule has 0 aliphatic rings. The van der Waals surface area contributed by atoms with E-state index in [4.69, 9.17) is 11.6 Å². The third-order valence-electron chi connectivity index (χ3n) is 4.93. The van der Waals surface area contributed by atoms with Crippen molar-refractivity contribution < 1.29 is 18.0 Å². The maximum atomic E-state index is 14.1. The fourth-order valence-electron chi connectivity index (χ4n) is 3.50. The first kappa shape index (κ1) is 22.3. The second kappa shape index (κ2) is 8.36. The van der Waals surface area contributed by atoms with Crippen LogP contribution < -0.4 is 10.9 Å². The zero-order valence-corrected chi connectivity index (χ0v) is 18.0. The van der Waals surface area contributed by atoms with E-state index in [0.717, 1.165) is 17.1 Å². The van der Waals surface area contributed by atoms with Gasteiger partial charge in [-0.05, 0) is 12.1 Å². The average molecular weight is 501 g/mol. The molecule has 0 saturated heterocycles. The lowest BCUT2D eigenvalue weighted by atomic mass is 10.1. The Labute approximate surface area is 198 Å². The number of nitrogens with zero attached hydrogens (tertiary/aromatic N) is 6. The van der Waals surface area contributed by atoms with Crippen LogP contribution in [0.5, 0.6) is 0 Å². The molecule has 0 radical (unpaired) electrons. The molecule has 10 nitrogen and oxygen atoms in total. The summed E-state index contributed by atoms with van der Waals surface area (Å²) in [5.74, 6) is -0.930. The van der Waals surface area contributed by atoms with Gasteiger partial charge in [0.1, 0.15) is 0 Å². The SMILES string of the molecule is O=C(Nc1cnc(-n2nccn2)c(Cl)c1)c1cnn(-c2cc(=O)[nH]c3ccccc23)c1C(F)(F)F. The smallest absolute Gasteiger partial charge is 0.322 e. The molecule has 0 saturated carbocycles. The van der Waals surface area contributed by atoms with Crippen molar-refractivity contribution in [1.29, 1.82) is 0 Å². The van der Waals surface area contributed by atoms with Crippen LogP contribution >= 0.6 is 11.6 Å². The third kappa shape index (κ3) is 4.12. The number of anilines is 1. The van der Waals surface area contributed by atoms with Gasteiger partial charge in [-0.15, -0.1) is 4.80 Å². The van der Waals surface area contributed by atoms with E-state index in [9.17, 15) is 22.8 Å². The number of benzene rings is 1. The number of H-pyrrole nitrogens is 1. The summed E-state index contributed by atoms with van der Waals surface area (Å²) in [6.07, 6.45) is -0.171. The number of halogens is 4. The minimum absolute atomic E-state index is 0.0402. The third-order valence-corrected chi connectivity index (χ3v) is 5.21. The van der Waals surface area contributed by atoms with Crippen molar-refractivity contribution in [3.05, 3.63) is 87.8 Å². The number of para-hydroxylation sites is 1. The van der Waals surface area contributed by atoms with E-state index in [2.05, 4.69) is 30.6 Å². The highest BCUT2D eigenvalue weighted by Gasteiger charge is 2.41. The van der Waals surface area contributed by atoms with Crippen LogP contribution in [-0.4, -0.2) is 40.6 Å². The van der Waals surface area contributed by atoms with Gasteiger partial charge in [0.2, 0.25) is 0 Å². The van der Waals surface area contributed by atoms with Crippen molar-refractivity contribution >= 4 is 34.1 Å². The fourth-order valence-corrected chi connectivity index (χ4v) is 3.74. The summed E-state index contributed by atoms with van der Waals surface area (Å²) >= 11 is 6.16. The fraction of sp³-hybridized carbons (Fsp3) is 0.0476. The number of aromatic amines is 1.